The van der Waals surface area contributed by atoms with E-state index in [0.29, 0.717) is 6.54 Å². The second-order valence-corrected chi connectivity index (χ2v) is 4.92. The molecule has 1 aromatic rings. The molecule has 2 unspecified atom stereocenters. The van der Waals surface area contributed by atoms with Crippen molar-refractivity contribution in [2.75, 3.05) is 11.9 Å². The molecule has 0 spiro atoms. The van der Waals surface area contributed by atoms with Crippen LogP contribution in [-0.4, -0.2) is 17.5 Å². The lowest BCUT2D eigenvalue weighted by Crippen LogP contribution is -2.36. The van der Waals surface area contributed by atoms with E-state index in [1.54, 1.807) is 6.07 Å². The number of para-hydroxylation sites is 1. The number of hydrogen-bond acceptors (Lipinski definition) is 4. The van der Waals surface area contributed by atoms with Crippen LogP contribution in [0, 0.1) is 21.8 Å². The van der Waals surface area contributed by atoms with Crippen molar-refractivity contribution >= 4 is 11.4 Å². The molecule has 0 radical (unpaired) electrons. The third kappa shape index (κ3) is 3.01. The van der Waals surface area contributed by atoms with Gasteiger partial charge in [-0.05, 0) is 37.4 Å². The number of hydrogen-bond donors (Lipinski definition) is 2. The van der Waals surface area contributed by atoms with Crippen LogP contribution in [0.2, 0.25) is 0 Å². The molecule has 6 heteroatoms. The molecule has 1 fully saturated rings. The Balaban J connectivity index is 2.22. The number of nitro benzene ring substituents is 1. The maximum atomic E-state index is 13.5. The molecule has 19 heavy (non-hydrogen) atoms. The first-order chi connectivity index (χ1) is 9.13. The van der Waals surface area contributed by atoms with Gasteiger partial charge in [-0.2, -0.15) is 4.39 Å². The quantitative estimate of drug-likeness (QED) is 0.649. The smallest absolute Gasteiger partial charge is 0.327 e. The molecule has 1 aromatic carbocycles. The van der Waals surface area contributed by atoms with Crippen molar-refractivity contribution in [2.24, 2.45) is 11.7 Å². The minimum atomic E-state index is -0.810. The number of nitrogens with zero attached hydrogens (tertiary/aromatic N) is 1. The molecule has 0 saturated heterocycles. The predicted molar refractivity (Wildman–Crippen MR) is 71.5 cm³/mol. The van der Waals surface area contributed by atoms with Gasteiger partial charge in [0.25, 0.3) is 0 Å². The maximum Gasteiger partial charge on any atom is 0.327 e. The van der Waals surface area contributed by atoms with E-state index in [2.05, 4.69) is 5.32 Å². The van der Waals surface area contributed by atoms with Crippen molar-refractivity contribution in [3.63, 3.8) is 0 Å². The van der Waals surface area contributed by atoms with Crippen molar-refractivity contribution in [2.45, 2.75) is 31.7 Å². The van der Waals surface area contributed by atoms with Crippen LogP contribution in [0.5, 0.6) is 0 Å². The Hall–Kier alpha value is -1.69. The normalized spacial score (nSPS) is 23.1. The van der Waals surface area contributed by atoms with E-state index in [-0.39, 0.29) is 17.6 Å². The van der Waals surface area contributed by atoms with Crippen LogP contribution in [0.3, 0.4) is 0 Å². The zero-order valence-corrected chi connectivity index (χ0v) is 10.6. The van der Waals surface area contributed by atoms with E-state index < -0.39 is 16.4 Å². The minimum Gasteiger partial charge on any atom is -0.376 e. The van der Waals surface area contributed by atoms with Crippen molar-refractivity contribution in [3.8, 4) is 0 Å². The molecule has 3 N–H and O–H groups in total. The lowest BCUT2D eigenvalue weighted by atomic mass is 9.84. The maximum absolute atomic E-state index is 13.5. The van der Waals surface area contributed by atoms with Gasteiger partial charge < -0.3 is 11.1 Å². The summed E-state index contributed by atoms with van der Waals surface area (Å²) >= 11 is 0. The second-order valence-electron chi connectivity index (χ2n) is 4.92. The molecular formula is C13H18FN3O2. The Labute approximate surface area is 111 Å². The Morgan fingerprint density at radius 1 is 1.42 bits per heavy atom. The molecule has 0 aromatic heterocycles. The number of benzene rings is 1. The average Bonchev–Trinajstić information content (AvgIpc) is 2.39. The summed E-state index contributed by atoms with van der Waals surface area (Å²) in [6.45, 7) is 0.542. The first kappa shape index (κ1) is 13.7. The summed E-state index contributed by atoms with van der Waals surface area (Å²) in [4.78, 5) is 10.3. The molecule has 1 saturated carbocycles. The molecule has 0 bridgehead atoms. The molecular weight excluding hydrogens is 249 g/mol. The summed E-state index contributed by atoms with van der Waals surface area (Å²) in [6, 6.07) is 4.21. The van der Waals surface area contributed by atoms with Crippen LogP contribution in [-0.2, 0) is 0 Å². The molecule has 2 atom stereocenters. The lowest BCUT2D eigenvalue weighted by molar-refractivity contribution is -0.386. The summed E-state index contributed by atoms with van der Waals surface area (Å²) in [5.41, 5.74) is 5.49. The lowest BCUT2D eigenvalue weighted by Gasteiger charge is -2.31. The first-order valence-corrected chi connectivity index (χ1v) is 6.53. The number of nitrogens with two attached hydrogens (primary N) is 1. The van der Waals surface area contributed by atoms with Crippen LogP contribution in [0.25, 0.3) is 0 Å². The fourth-order valence-corrected chi connectivity index (χ4v) is 2.70. The van der Waals surface area contributed by atoms with Gasteiger partial charge >= 0.3 is 5.69 Å². The number of nitro groups is 1. The Morgan fingerprint density at radius 3 is 2.84 bits per heavy atom. The Bertz CT molecular complexity index is 467. The molecule has 104 valence electrons. The molecule has 5 nitrogen and oxygen atoms in total. The summed E-state index contributed by atoms with van der Waals surface area (Å²) in [6.07, 6.45) is 4.12. The summed E-state index contributed by atoms with van der Waals surface area (Å²) < 4.78 is 13.5. The van der Waals surface area contributed by atoms with Gasteiger partial charge in [0.1, 0.15) is 5.69 Å². The van der Waals surface area contributed by atoms with Gasteiger partial charge in [0, 0.05) is 6.04 Å². The largest absolute Gasteiger partial charge is 0.376 e. The number of halogens is 1. The van der Waals surface area contributed by atoms with Gasteiger partial charge in [0.15, 0.2) is 0 Å². The van der Waals surface area contributed by atoms with Crippen LogP contribution >= 0.6 is 0 Å². The van der Waals surface area contributed by atoms with Gasteiger partial charge in [0.05, 0.1) is 4.92 Å². The molecule has 0 amide bonds. The van der Waals surface area contributed by atoms with E-state index in [4.69, 9.17) is 5.73 Å². The predicted octanol–water partition coefficient (Wildman–Crippen LogP) is 2.66. The topological polar surface area (TPSA) is 81.2 Å². The monoisotopic (exact) mass is 267 g/mol. The molecule has 1 aliphatic carbocycles. The van der Waals surface area contributed by atoms with Crippen LogP contribution in [0.4, 0.5) is 15.8 Å². The molecule has 1 aliphatic rings. The highest BCUT2D eigenvalue weighted by atomic mass is 19.1. The van der Waals surface area contributed by atoms with E-state index in [1.807, 2.05) is 0 Å². The summed E-state index contributed by atoms with van der Waals surface area (Å²) in [5, 5.41) is 14.0. The van der Waals surface area contributed by atoms with E-state index in [9.17, 15) is 14.5 Å². The average molecular weight is 267 g/mol. The molecule has 0 aliphatic heterocycles. The third-order valence-corrected chi connectivity index (χ3v) is 3.72. The number of rotatable bonds is 4. The highest BCUT2D eigenvalue weighted by molar-refractivity contribution is 5.62. The standard InChI is InChI=1S/C13H18FN3O2/c14-10-5-3-7-12(13(10)17(18)19)16-11-6-2-1-4-9(11)8-15/h3,5,7,9,11,16H,1-2,4,6,8,15H2. The third-order valence-electron chi connectivity index (χ3n) is 3.72. The minimum absolute atomic E-state index is 0.0826. The first-order valence-electron chi connectivity index (χ1n) is 6.53. The van der Waals surface area contributed by atoms with Gasteiger partial charge in [0.2, 0.25) is 5.82 Å². The molecule has 0 heterocycles. The van der Waals surface area contributed by atoms with E-state index in [0.717, 1.165) is 31.7 Å². The van der Waals surface area contributed by atoms with E-state index in [1.165, 1.54) is 6.07 Å². The molecule has 2 rings (SSSR count). The second kappa shape index (κ2) is 5.97. The SMILES string of the molecule is NCC1CCCCC1Nc1cccc(F)c1[N+](=O)[O-]. The van der Waals surface area contributed by atoms with E-state index >= 15 is 0 Å². The van der Waals surface area contributed by atoms with Gasteiger partial charge in [-0.1, -0.05) is 18.9 Å². The zero-order chi connectivity index (χ0) is 13.8. The summed E-state index contributed by atoms with van der Waals surface area (Å²) in [5.74, 6) is -0.522. The fourth-order valence-electron chi connectivity index (χ4n) is 2.70. The van der Waals surface area contributed by atoms with Crippen LogP contribution in [0.15, 0.2) is 18.2 Å². The number of nitrogens with one attached hydrogen (secondary N) is 1. The van der Waals surface area contributed by atoms with Crippen molar-refractivity contribution in [1.29, 1.82) is 0 Å². The van der Waals surface area contributed by atoms with Crippen LogP contribution in [0.1, 0.15) is 25.7 Å². The van der Waals surface area contributed by atoms with Crippen LogP contribution < -0.4 is 11.1 Å². The fraction of sp³-hybridized carbons (Fsp3) is 0.538. The highest BCUT2D eigenvalue weighted by Gasteiger charge is 2.27. The van der Waals surface area contributed by atoms with Gasteiger partial charge in [-0.25, -0.2) is 0 Å². The van der Waals surface area contributed by atoms with Crippen molar-refractivity contribution in [1.82, 2.24) is 0 Å². The summed E-state index contributed by atoms with van der Waals surface area (Å²) in [7, 11) is 0. The Kier molecular flexibility index (Phi) is 4.31. The Morgan fingerprint density at radius 2 is 2.16 bits per heavy atom. The zero-order valence-electron chi connectivity index (χ0n) is 10.6. The van der Waals surface area contributed by atoms with Gasteiger partial charge in [-0.15, -0.1) is 0 Å². The van der Waals surface area contributed by atoms with Gasteiger partial charge in [-0.3, -0.25) is 10.1 Å². The van der Waals surface area contributed by atoms with Crippen molar-refractivity contribution < 1.29 is 9.31 Å². The highest BCUT2D eigenvalue weighted by Crippen LogP contribution is 2.32. The van der Waals surface area contributed by atoms with Crippen molar-refractivity contribution in [3.05, 3.63) is 34.1 Å². The number of anilines is 1.